The summed E-state index contributed by atoms with van der Waals surface area (Å²) < 4.78 is 2.07. The van der Waals surface area contributed by atoms with Crippen LogP contribution >= 0.6 is 31.9 Å². The summed E-state index contributed by atoms with van der Waals surface area (Å²) in [6, 6.07) is 4.06. The summed E-state index contributed by atoms with van der Waals surface area (Å²) in [4.78, 5) is 4.54. The molecule has 0 atom stereocenters. The zero-order valence-corrected chi connectivity index (χ0v) is 17.9. The summed E-state index contributed by atoms with van der Waals surface area (Å²) >= 11 is 7.03. The monoisotopic (exact) mass is 445 g/mol. The summed E-state index contributed by atoms with van der Waals surface area (Å²) in [5, 5.41) is 0. The molecule has 0 amide bonds. The Hall–Kier alpha value is 0.110. The van der Waals surface area contributed by atoms with E-state index >= 15 is 0 Å². The second-order valence-electron chi connectivity index (χ2n) is 6.56. The van der Waals surface area contributed by atoms with Gasteiger partial charge in [0.2, 0.25) is 0 Å². The van der Waals surface area contributed by atoms with Gasteiger partial charge in [0, 0.05) is 4.47 Å². The molecular weight excluding hydrogens is 414 g/mol. The van der Waals surface area contributed by atoms with Gasteiger partial charge in [-0.15, -0.1) is 0 Å². The Bertz CT molecular complexity index is 407. The number of aromatic nitrogens is 1. The number of hydrogen-bond acceptors (Lipinski definition) is 1. The second-order valence-corrected chi connectivity index (χ2v) is 8.22. The number of hydrogen-bond donors (Lipinski definition) is 0. The molecule has 0 aromatic carbocycles. The molecule has 1 aromatic heterocycles. The summed E-state index contributed by atoms with van der Waals surface area (Å²) in [6.45, 7) is 2.29. The van der Waals surface area contributed by atoms with Gasteiger partial charge in [0.1, 0.15) is 4.60 Å². The van der Waals surface area contributed by atoms with E-state index in [9.17, 15) is 0 Å². The average Bonchev–Trinajstić information content (AvgIpc) is 2.55. The molecule has 1 rings (SSSR count). The molecular formula is C20H33Br2N. The average molecular weight is 447 g/mol. The number of aryl methyl sites for hydroxylation is 1. The molecule has 0 aliphatic heterocycles. The molecule has 0 N–H and O–H groups in total. The Balaban J connectivity index is 1.87. The maximum Gasteiger partial charge on any atom is 0.106 e. The van der Waals surface area contributed by atoms with Crippen LogP contribution in [-0.4, -0.2) is 4.98 Å². The minimum Gasteiger partial charge on any atom is -0.245 e. The maximum atomic E-state index is 4.54. The maximum absolute atomic E-state index is 4.54. The van der Waals surface area contributed by atoms with Crippen LogP contribution in [0.3, 0.4) is 0 Å². The number of nitrogens with zero attached hydrogens (tertiary/aromatic N) is 1. The first-order chi connectivity index (χ1) is 11.2. The van der Waals surface area contributed by atoms with E-state index in [1.807, 2.05) is 6.07 Å². The zero-order valence-electron chi connectivity index (χ0n) is 14.8. The zero-order chi connectivity index (χ0) is 16.8. The van der Waals surface area contributed by atoms with Crippen LogP contribution in [0.15, 0.2) is 21.2 Å². The van der Waals surface area contributed by atoms with E-state index in [1.165, 1.54) is 89.2 Å². The number of halogens is 2. The fraction of sp³-hybridized carbons (Fsp3) is 0.750. The van der Waals surface area contributed by atoms with Crippen molar-refractivity contribution < 1.29 is 0 Å². The Morgan fingerprint density at radius 3 is 1.70 bits per heavy atom. The van der Waals surface area contributed by atoms with Gasteiger partial charge in [-0.2, -0.15) is 0 Å². The van der Waals surface area contributed by atoms with Gasteiger partial charge in [0.05, 0.1) is 5.69 Å². The lowest BCUT2D eigenvalue weighted by atomic mass is 10.0. The predicted octanol–water partition coefficient (Wildman–Crippen LogP) is 8.24. The van der Waals surface area contributed by atoms with Crippen LogP contribution in [0.4, 0.5) is 0 Å². The minimum absolute atomic E-state index is 0.936. The minimum atomic E-state index is 0.936. The molecule has 1 nitrogen and oxygen atoms in total. The Morgan fingerprint density at radius 2 is 1.17 bits per heavy atom. The number of rotatable bonds is 14. The van der Waals surface area contributed by atoms with Gasteiger partial charge in [-0.1, -0.05) is 84.0 Å². The van der Waals surface area contributed by atoms with Crippen LogP contribution in [0.2, 0.25) is 0 Å². The largest absolute Gasteiger partial charge is 0.245 e. The molecule has 23 heavy (non-hydrogen) atoms. The highest BCUT2D eigenvalue weighted by Gasteiger charge is 2.02. The van der Waals surface area contributed by atoms with Crippen molar-refractivity contribution in [1.82, 2.24) is 4.98 Å². The SMILES string of the molecule is CCCCCCCCCCCCCCCc1nc(Br)ccc1Br. The van der Waals surface area contributed by atoms with Gasteiger partial charge in [0.25, 0.3) is 0 Å². The fourth-order valence-corrected chi connectivity index (χ4v) is 3.71. The number of unbranched alkanes of at least 4 members (excludes halogenated alkanes) is 12. The molecule has 0 aliphatic rings. The lowest BCUT2D eigenvalue weighted by Gasteiger charge is -2.05. The molecule has 0 aliphatic carbocycles. The van der Waals surface area contributed by atoms with Gasteiger partial charge in [-0.25, -0.2) is 4.98 Å². The Labute approximate surface area is 160 Å². The third kappa shape index (κ3) is 11.3. The molecule has 0 saturated heterocycles. The topological polar surface area (TPSA) is 12.9 Å². The summed E-state index contributed by atoms with van der Waals surface area (Å²) in [5.41, 5.74) is 1.18. The van der Waals surface area contributed by atoms with Crippen LogP contribution in [0.25, 0.3) is 0 Å². The van der Waals surface area contributed by atoms with Crippen molar-refractivity contribution in [3.8, 4) is 0 Å². The standard InChI is InChI=1S/C20H33Br2N/c1-2-3-4-5-6-7-8-9-10-11-12-13-14-15-19-18(21)16-17-20(22)23-19/h16-17H,2-15H2,1H3. The highest BCUT2D eigenvalue weighted by molar-refractivity contribution is 9.11. The van der Waals surface area contributed by atoms with E-state index in [2.05, 4.69) is 49.8 Å². The summed E-state index contributed by atoms with van der Waals surface area (Å²) in [7, 11) is 0. The van der Waals surface area contributed by atoms with Crippen molar-refractivity contribution in [3.05, 3.63) is 26.9 Å². The molecule has 0 bridgehead atoms. The molecule has 132 valence electrons. The Kier molecular flexibility index (Phi) is 13.3. The normalized spacial score (nSPS) is 11.1. The van der Waals surface area contributed by atoms with Gasteiger partial charge in [-0.3, -0.25) is 0 Å². The van der Waals surface area contributed by atoms with Crippen LogP contribution in [0, 0.1) is 0 Å². The van der Waals surface area contributed by atoms with Crippen molar-refractivity contribution in [1.29, 1.82) is 0 Å². The Morgan fingerprint density at radius 1 is 0.696 bits per heavy atom. The predicted molar refractivity (Wildman–Crippen MR) is 109 cm³/mol. The molecule has 0 saturated carbocycles. The van der Waals surface area contributed by atoms with Gasteiger partial charge >= 0.3 is 0 Å². The van der Waals surface area contributed by atoms with Gasteiger partial charge in [0.15, 0.2) is 0 Å². The van der Waals surface area contributed by atoms with E-state index in [-0.39, 0.29) is 0 Å². The summed E-state index contributed by atoms with van der Waals surface area (Å²) in [5.74, 6) is 0. The van der Waals surface area contributed by atoms with Crippen LogP contribution < -0.4 is 0 Å². The molecule has 1 heterocycles. The molecule has 0 radical (unpaired) electrons. The van der Waals surface area contributed by atoms with Crippen molar-refractivity contribution >= 4 is 31.9 Å². The first-order valence-electron chi connectivity index (χ1n) is 9.55. The van der Waals surface area contributed by atoms with E-state index in [0.717, 1.165) is 15.5 Å². The smallest absolute Gasteiger partial charge is 0.106 e. The van der Waals surface area contributed by atoms with Crippen molar-refractivity contribution in [2.75, 3.05) is 0 Å². The first kappa shape index (κ1) is 21.2. The van der Waals surface area contributed by atoms with Gasteiger partial charge < -0.3 is 0 Å². The fourth-order valence-electron chi connectivity index (χ4n) is 2.94. The van der Waals surface area contributed by atoms with E-state index in [0.29, 0.717) is 0 Å². The van der Waals surface area contributed by atoms with E-state index < -0.39 is 0 Å². The highest BCUT2D eigenvalue weighted by Crippen LogP contribution is 2.20. The van der Waals surface area contributed by atoms with Crippen LogP contribution in [-0.2, 0) is 6.42 Å². The molecule has 0 spiro atoms. The number of pyridine rings is 1. The lowest BCUT2D eigenvalue weighted by molar-refractivity contribution is 0.539. The lowest BCUT2D eigenvalue weighted by Crippen LogP contribution is -1.93. The van der Waals surface area contributed by atoms with Crippen LogP contribution in [0.5, 0.6) is 0 Å². The van der Waals surface area contributed by atoms with E-state index in [1.54, 1.807) is 0 Å². The van der Waals surface area contributed by atoms with Gasteiger partial charge in [-0.05, 0) is 56.8 Å². The highest BCUT2D eigenvalue weighted by atomic mass is 79.9. The van der Waals surface area contributed by atoms with Crippen molar-refractivity contribution in [2.45, 2.75) is 96.8 Å². The quantitative estimate of drug-likeness (QED) is 0.207. The van der Waals surface area contributed by atoms with E-state index in [4.69, 9.17) is 0 Å². The molecule has 3 heteroatoms. The third-order valence-corrected chi connectivity index (χ3v) is 5.57. The molecule has 1 aromatic rings. The summed E-state index contributed by atoms with van der Waals surface area (Å²) in [6.07, 6.45) is 19.3. The second kappa shape index (κ2) is 14.5. The van der Waals surface area contributed by atoms with Crippen LogP contribution in [0.1, 0.15) is 96.1 Å². The van der Waals surface area contributed by atoms with Crippen molar-refractivity contribution in [3.63, 3.8) is 0 Å². The van der Waals surface area contributed by atoms with Crippen molar-refractivity contribution in [2.24, 2.45) is 0 Å². The third-order valence-electron chi connectivity index (χ3n) is 4.40. The first-order valence-corrected chi connectivity index (χ1v) is 11.1. The molecule has 0 unspecified atom stereocenters. The molecule has 0 fully saturated rings.